The molecule has 0 amide bonds. The Kier molecular flexibility index (Phi) is 4.38. The Balaban J connectivity index is 1.81. The smallest absolute Gasteiger partial charge is 0.165 e. The van der Waals surface area contributed by atoms with Gasteiger partial charge in [-0.15, -0.1) is 0 Å². The predicted octanol–water partition coefficient (Wildman–Crippen LogP) is 2.66. The number of phenolic OH excluding ortho intramolecular Hbond substituents is 2. The van der Waals surface area contributed by atoms with Crippen LogP contribution in [0.2, 0.25) is 0 Å². The van der Waals surface area contributed by atoms with Gasteiger partial charge in [0.2, 0.25) is 0 Å². The van der Waals surface area contributed by atoms with Crippen molar-refractivity contribution in [2.24, 2.45) is 0 Å². The Bertz CT molecular complexity index is 754. The Morgan fingerprint density at radius 2 is 1.19 bits per heavy atom. The molecule has 2 atom stereocenters. The van der Waals surface area contributed by atoms with Gasteiger partial charge in [-0.05, 0) is 35.4 Å². The lowest BCUT2D eigenvalue weighted by Crippen LogP contribution is -1.98. The van der Waals surface area contributed by atoms with Crippen LogP contribution in [0.15, 0.2) is 24.3 Å². The Labute approximate surface area is 151 Å². The van der Waals surface area contributed by atoms with Crippen molar-refractivity contribution in [1.29, 1.82) is 0 Å². The molecule has 0 bridgehead atoms. The minimum Gasteiger partial charge on any atom is -0.504 e. The monoisotopic (exact) mass is 358 g/mol. The first kappa shape index (κ1) is 17.0. The molecule has 0 spiro atoms. The molecular weight excluding hydrogens is 336 g/mol. The summed E-state index contributed by atoms with van der Waals surface area (Å²) >= 11 is 0. The van der Waals surface area contributed by atoms with Gasteiger partial charge in [0.25, 0.3) is 0 Å². The molecule has 0 aliphatic carbocycles. The zero-order valence-corrected chi connectivity index (χ0v) is 14.8. The fourth-order valence-corrected chi connectivity index (χ4v) is 3.18. The van der Waals surface area contributed by atoms with Crippen LogP contribution in [0.1, 0.15) is 11.1 Å². The summed E-state index contributed by atoms with van der Waals surface area (Å²) in [5.74, 6) is 0.718. The Morgan fingerprint density at radius 1 is 0.808 bits per heavy atom. The van der Waals surface area contributed by atoms with Gasteiger partial charge in [0.05, 0.1) is 39.6 Å². The standard InChI is InChI=1S/C20H22O6/c1-23-17-7-11(3-13-9-25-13)5-15(19(17)21)16-6-12(4-14-10-26-14)8-18(24-2)20(16)22/h5-8,13-14,21-22H,3-4,9-10H2,1-2H3. The molecule has 2 aliphatic rings. The molecule has 2 fully saturated rings. The quantitative estimate of drug-likeness (QED) is 0.741. The summed E-state index contributed by atoms with van der Waals surface area (Å²) in [7, 11) is 3.02. The summed E-state index contributed by atoms with van der Waals surface area (Å²) < 4.78 is 21.3. The molecule has 2 unspecified atom stereocenters. The first-order chi connectivity index (χ1) is 12.6. The number of phenols is 2. The average Bonchev–Trinajstić information content (AvgIpc) is 3.54. The lowest BCUT2D eigenvalue weighted by molar-refractivity contribution is 0.369. The van der Waals surface area contributed by atoms with E-state index in [1.165, 1.54) is 14.2 Å². The van der Waals surface area contributed by atoms with Crippen molar-refractivity contribution in [1.82, 2.24) is 0 Å². The minimum atomic E-state index is -0.00913. The largest absolute Gasteiger partial charge is 0.504 e. The fourth-order valence-electron chi connectivity index (χ4n) is 3.18. The van der Waals surface area contributed by atoms with Crippen molar-refractivity contribution in [2.45, 2.75) is 25.0 Å². The number of methoxy groups -OCH3 is 2. The molecule has 0 radical (unpaired) electrons. The zero-order chi connectivity index (χ0) is 18.3. The molecule has 2 saturated heterocycles. The second-order valence-electron chi connectivity index (χ2n) is 6.71. The molecule has 2 aliphatic heterocycles. The normalized spacial score (nSPS) is 20.7. The van der Waals surface area contributed by atoms with E-state index in [1.807, 2.05) is 12.1 Å². The second-order valence-corrected chi connectivity index (χ2v) is 6.71. The number of hydrogen-bond acceptors (Lipinski definition) is 6. The van der Waals surface area contributed by atoms with Crippen LogP contribution in [0.5, 0.6) is 23.0 Å². The molecule has 2 aromatic carbocycles. The number of benzene rings is 2. The summed E-state index contributed by atoms with van der Waals surface area (Å²) in [5, 5.41) is 21.3. The third-order valence-corrected chi connectivity index (χ3v) is 4.73. The SMILES string of the molecule is COc1cc(CC2CO2)cc(-c2cc(CC3CO3)cc(OC)c2O)c1O. The topological polar surface area (TPSA) is 84.0 Å². The first-order valence-corrected chi connectivity index (χ1v) is 8.62. The zero-order valence-electron chi connectivity index (χ0n) is 14.8. The van der Waals surface area contributed by atoms with Crippen molar-refractivity contribution in [2.75, 3.05) is 27.4 Å². The van der Waals surface area contributed by atoms with Crippen LogP contribution in [0.25, 0.3) is 11.1 Å². The van der Waals surface area contributed by atoms with Crippen LogP contribution in [-0.4, -0.2) is 49.9 Å². The second kappa shape index (κ2) is 6.70. The van der Waals surface area contributed by atoms with Crippen molar-refractivity contribution in [3.05, 3.63) is 35.4 Å². The fraction of sp³-hybridized carbons (Fsp3) is 0.400. The van der Waals surface area contributed by atoms with Gasteiger partial charge in [0.1, 0.15) is 0 Å². The van der Waals surface area contributed by atoms with Crippen LogP contribution in [0.4, 0.5) is 0 Å². The summed E-state index contributed by atoms with van der Waals surface area (Å²) in [6.45, 7) is 1.49. The number of hydrogen-bond donors (Lipinski definition) is 2. The van der Waals surface area contributed by atoms with Crippen molar-refractivity contribution in [3.63, 3.8) is 0 Å². The van der Waals surface area contributed by atoms with E-state index in [0.717, 1.165) is 37.2 Å². The molecule has 2 heterocycles. The van der Waals surface area contributed by atoms with Gasteiger partial charge in [0, 0.05) is 24.0 Å². The van der Waals surface area contributed by atoms with Crippen LogP contribution in [0.3, 0.4) is 0 Å². The average molecular weight is 358 g/mol. The van der Waals surface area contributed by atoms with Crippen molar-refractivity contribution < 1.29 is 29.2 Å². The summed E-state index contributed by atoms with van der Waals surface area (Å²) in [4.78, 5) is 0. The van der Waals surface area contributed by atoms with Gasteiger partial charge in [-0.1, -0.05) is 0 Å². The van der Waals surface area contributed by atoms with Gasteiger partial charge in [-0.2, -0.15) is 0 Å². The molecular formula is C20H22O6. The third-order valence-electron chi connectivity index (χ3n) is 4.73. The number of aromatic hydroxyl groups is 2. The lowest BCUT2D eigenvalue weighted by atomic mass is 9.95. The van der Waals surface area contributed by atoms with Gasteiger partial charge in [-0.3, -0.25) is 0 Å². The van der Waals surface area contributed by atoms with Gasteiger partial charge < -0.3 is 29.2 Å². The van der Waals surface area contributed by atoms with Gasteiger partial charge in [-0.25, -0.2) is 0 Å². The molecule has 138 valence electrons. The molecule has 0 saturated carbocycles. The van der Waals surface area contributed by atoms with Gasteiger partial charge in [0.15, 0.2) is 23.0 Å². The highest BCUT2D eigenvalue weighted by atomic mass is 16.6. The highest BCUT2D eigenvalue weighted by molar-refractivity contribution is 5.81. The lowest BCUT2D eigenvalue weighted by Gasteiger charge is -2.16. The Morgan fingerprint density at radius 3 is 1.50 bits per heavy atom. The molecule has 4 rings (SSSR count). The van der Waals surface area contributed by atoms with Crippen molar-refractivity contribution >= 4 is 0 Å². The number of rotatable bonds is 7. The summed E-state index contributed by atoms with van der Waals surface area (Å²) in [5.41, 5.74) is 2.97. The van der Waals surface area contributed by atoms with Crippen molar-refractivity contribution in [3.8, 4) is 34.1 Å². The molecule has 6 heteroatoms. The maximum atomic E-state index is 10.7. The van der Waals surface area contributed by atoms with E-state index in [9.17, 15) is 10.2 Å². The van der Waals surface area contributed by atoms with E-state index in [1.54, 1.807) is 12.1 Å². The maximum Gasteiger partial charge on any atom is 0.165 e. The third kappa shape index (κ3) is 3.43. The van der Waals surface area contributed by atoms with Gasteiger partial charge >= 0.3 is 0 Å². The summed E-state index contributed by atoms with van der Waals surface area (Å²) in [6.07, 6.45) is 1.88. The first-order valence-electron chi connectivity index (χ1n) is 8.62. The van der Waals surface area contributed by atoms with Crippen LogP contribution >= 0.6 is 0 Å². The predicted molar refractivity (Wildman–Crippen MR) is 95.2 cm³/mol. The van der Waals surface area contributed by atoms with Crippen LogP contribution in [-0.2, 0) is 22.3 Å². The minimum absolute atomic E-state index is 0.00913. The van der Waals surface area contributed by atoms with E-state index in [-0.39, 0.29) is 23.7 Å². The highest BCUT2D eigenvalue weighted by Crippen LogP contribution is 2.46. The molecule has 6 nitrogen and oxygen atoms in total. The maximum absolute atomic E-state index is 10.7. The molecule has 26 heavy (non-hydrogen) atoms. The van der Waals surface area contributed by atoms with E-state index in [4.69, 9.17) is 18.9 Å². The molecule has 2 N–H and O–H groups in total. The number of ether oxygens (including phenoxy) is 4. The van der Waals surface area contributed by atoms with E-state index >= 15 is 0 Å². The molecule has 2 aromatic rings. The van der Waals surface area contributed by atoms with Crippen LogP contribution < -0.4 is 9.47 Å². The highest BCUT2D eigenvalue weighted by Gasteiger charge is 2.27. The molecule has 0 aromatic heterocycles. The number of epoxide rings is 2. The summed E-state index contributed by atoms with van der Waals surface area (Å²) in [6, 6.07) is 7.34. The van der Waals surface area contributed by atoms with Crippen LogP contribution in [0, 0.1) is 0 Å². The Hall–Kier alpha value is -2.44. The van der Waals surface area contributed by atoms with E-state index in [0.29, 0.717) is 22.6 Å². The van der Waals surface area contributed by atoms with E-state index < -0.39 is 0 Å². The van der Waals surface area contributed by atoms with E-state index in [2.05, 4.69) is 0 Å².